The van der Waals surface area contributed by atoms with Crippen LogP contribution in [-0.2, 0) is 11.0 Å². The molecule has 1 aromatic heterocycles. The Morgan fingerprint density at radius 2 is 1.80 bits per heavy atom. The molecular weight excluding hydrogens is 329 g/mol. The van der Waals surface area contributed by atoms with Gasteiger partial charge < -0.3 is 10.3 Å². The maximum absolute atomic E-state index is 12.7. The van der Waals surface area contributed by atoms with Crippen LogP contribution in [0.4, 0.5) is 13.2 Å². The zero-order valence-electron chi connectivity index (χ0n) is 13.1. The van der Waals surface area contributed by atoms with Crippen molar-refractivity contribution >= 4 is 16.8 Å². The van der Waals surface area contributed by atoms with Crippen molar-refractivity contribution < 1.29 is 18.0 Å². The van der Waals surface area contributed by atoms with E-state index in [0.29, 0.717) is 5.69 Å². The Kier molecular flexibility index (Phi) is 4.12. The van der Waals surface area contributed by atoms with Gasteiger partial charge in [0.05, 0.1) is 17.0 Å². The molecule has 0 fully saturated rings. The monoisotopic (exact) mass is 344 g/mol. The van der Waals surface area contributed by atoms with Crippen molar-refractivity contribution in [1.29, 1.82) is 0 Å². The standard InChI is InChI=1S/C19H15F3N2O/c1-2-16(18(23)25)12-3-8-17-13(11-12)9-10-24(17)15-6-4-14(5-7-15)19(20,21)22/h2-11,16H,1H2,(H2,23,25). The number of benzene rings is 2. The van der Waals surface area contributed by atoms with E-state index in [1.165, 1.54) is 18.2 Å². The summed E-state index contributed by atoms with van der Waals surface area (Å²) in [6, 6.07) is 12.2. The average molecular weight is 344 g/mol. The van der Waals surface area contributed by atoms with Crippen molar-refractivity contribution in [2.75, 3.05) is 0 Å². The molecule has 1 unspecified atom stereocenters. The van der Waals surface area contributed by atoms with Crippen molar-refractivity contribution in [3.63, 3.8) is 0 Å². The quantitative estimate of drug-likeness (QED) is 0.701. The summed E-state index contributed by atoms with van der Waals surface area (Å²) >= 11 is 0. The molecule has 0 saturated heterocycles. The van der Waals surface area contributed by atoms with Gasteiger partial charge in [0.1, 0.15) is 0 Å². The van der Waals surface area contributed by atoms with E-state index in [-0.39, 0.29) is 0 Å². The maximum Gasteiger partial charge on any atom is 0.416 e. The number of fused-ring (bicyclic) bond motifs is 1. The molecule has 128 valence electrons. The summed E-state index contributed by atoms with van der Waals surface area (Å²) in [7, 11) is 0. The van der Waals surface area contributed by atoms with Crippen molar-refractivity contribution in [2.24, 2.45) is 5.73 Å². The van der Waals surface area contributed by atoms with E-state index in [1.54, 1.807) is 16.8 Å². The Balaban J connectivity index is 2.01. The van der Waals surface area contributed by atoms with Gasteiger partial charge in [0.25, 0.3) is 0 Å². The Morgan fingerprint density at radius 3 is 2.36 bits per heavy atom. The Morgan fingerprint density at radius 1 is 1.12 bits per heavy atom. The molecule has 0 radical (unpaired) electrons. The first-order valence-electron chi connectivity index (χ1n) is 7.52. The number of nitrogens with two attached hydrogens (primary N) is 1. The van der Waals surface area contributed by atoms with Gasteiger partial charge in [0, 0.05) is 17.3 Å². The number of halogens is 3. The van der Waals surface area contributed by atoms with Gasteiger partial charge in [-0.05, 0) is 48.0 Å². The zero-order valence-corrected chi connectivity index (χ0v) is 13.1. The van der Waals surface area contributed by atoms with E-state index in [9.17, 15) is 18.0 Å². The van der Waals surface area contributed by atoms with Gasteiger partial charge in [0.2, 0.25) is 5.91 Å². The van der Waals surface area contributed by atoms with Gasteiger partial charge in [-0.3, -0.25) is 4.79 Å². The number of nitrogens with zero attached hydrogens (tertiary/aromatic N) is 1. The highest BCUT2D eigenvalue weighted by Crippen LogP contribution is 2.31. The van der Waals surface area contributed by atoms with Crippen LogP contribution >= 0.6 is 0 Å². The second kappa shape index (κ2) is 6.12. The first-order chi connectivity index (χ1) is 11.8. The molecule has 0 saturated carbocycles. The van der Waals surface area contributed by atoms with Gasteiger partial charge in [-0.15, -0.1) is 6.58 Å². The molecule has 3 nitrogen and oxygen atoms in total. The molecule has 1 amide bonds. The first-order valence-corrected chi connectivity index (χ1v) is 7.52. The Labute approximate surface area is 142 Å². The molecule has 0 bridgehead atoms. The van der Waals surface area contributed by atoms with Crippen LogP contribution in [0.25, 0.3) is 16.6 Å². The number of carbonyl (C=O) groups excluding carboxylic acids is 1. The number of hydrogen-bond donors (Lipinski definition) is 1. The largest absolute Gasteiger partial charge is 0.416 e. The molecule has 3 rings (SSSR count). The predicted octanol–water partition coefficient (Wildman–Crippen LogP) is 4.40. The van der Waals surface area contributed by atoms with Crippen LogP contribution in [0.2, 0.25) is 0 Å². The third-order valence-corrected chi connectivity index (χ3v) is 4.09. The van der Waals surface area contributed by atoms with Gasteiger partial charge in [-0.2, -0.15) is 13.2 Å². The van der Waals surface area contributed by atoms with E-state index >= 15 is 0 Å². The van der Waals surface area contributed by atoms with E-state index in [0.717, 1.165) is 28.6 Å². The molecule has 1 heterocycles. The topological polar surface area (TPSA) is 48.0 Å². The summed E-state index contributed by atoms with van der Waals surface area (Å²) in [5.41, 5.74) is 6.83. The average Bonchev–Trinajstić information content (AvgIpc) is 2.98. The molecule has 1 atom stereocenters. The smallest absolute Gasteiger partial charge is 0.369 e. The number of carbonyl (C=O) groups is 1. The van der Waals surface area contributed by atoms with Gasteiger partial charge >= 0.3 is 6.18 Å². The van der Waals surface area contributed by atoms with E-state index in [4.69, 9.17) is 5.73 Å². The number of aromatic nitrogens is 1. The van der Waals surface area contributed by atoms with Crippen LogP contribution in [0.15, 0.2) is 67.4 Å². The molecule has 0 aliphatic rings. The third kappa shape index (κ3) is 3.15. The summed E-state index contributed by atoms with van der Waals surface area (Å²) in [4.78, 5) is 11.5. The van der Waals surface area contributed by atoms with Crippen molar-refractivity contribution in [3.8, 4) is 5.69 Å². The van der Waals surface area contributed by atoms with Crippen LogP contribution in [-0.4, -0.2) is 10.5 Å². The van der Waals surface area contributed by atoms with E-state index in [2.05, 4.69) is 6.58 Å². The minimum absolute atomic E-state index is 0.489. The van der Waals surface area contributed by atoms with Crippen molar-refractivity contribution in [2.45, 2.75) is 12.1 Å². The fourth-order valence-electron chi connectivity index (χ4n) is 2.81. The second-order valence-corrected chi connectivity index (χ2v) is 5.66. The van der Waals surface area contributed by atoms with Gasteiger partial charge in [-0.25, -0.2) is 0 Å². The molecule has 2 aromatic carbocycles. The summed E-state index contributed by atoms with van der Waals surface area (Å²) < 4.78 is 39.8. The van der Waals surface area contributed by atoms with Crippen LogP contribution in [0.5, 0.6) is 0 Å². The number of alkyl halides is 3. The summed E-state index contributed by atoms with van der Waals surface area (Å²) in [6.45, 7) is 3.62. The van der Waals surface area contributed by atoms with Crippen LogP contribution in [0, 0.1) is 0 Å². The highest BCUT2D eigenvalue weighted by Gasteiger charge is 2.30. The predicted molar refractivity (Wildman–Crippen MR) is 90.4 cm³/mol. The highest BCUT2D eigenvalue weighted by molar-refractivity contribution is 5.88. The lowest BCUT2D eigenvalue weighted by Crippen LogP contribution is -2.19. The van der Waals surface area contributed by atoms with Crippen LogP contribution < -0.4 is 5.73 Å². The summed E-state index contributed by atoms with van der Waals surface area (Å²) in [6.07, 6.45) is -1.11. The molecule has 6 heteroatoms. The maximum atomic E-state index is 12.7. The molecule has 0 aliphatic heterocycles. The first kappa shape index (κ1) is 16.8. The van der Waals surface area contributed by atoms with E-state index < -0.39 is 23.6 Å². The van der Waals surface area contributed by atoms with E-state index in [1.807, 2.05) is 18.2 Å². The van der Waals surface area contributed by atoms with Gasteiger partial charge in [-0.1, -0.05) is 12.1 Å². The molecule has 25 heavy (non-hydrogen) atoms. The molecule has 0 aliphatic carbocycles. The van der Waals surface area contributed by atoms with Crippen LogP contribution in [0.3, 0.4) is 0 Å². The minimum Gasteiger partial charge on any atom is -0.369 e. The minimum atomic E-state index is -4.36. The molecule has 2 N–H and O–H groups in total. The zero-order chi connectivity index (χ0) is 18.2. The van der Waals surface area contributed by atoms with Crippen molar-refractivity contribution in [3.05, 3.63) is 78.5 Å². The molecular formula is C19H15F3N2O. The van der Waals surface area contributed by atoms with Crippen molar-refractivity contribution in [1.82, 2.24) is 4.57 Å². The highest BCUT2D eigenvalue weighted by atomic mass is 19.4. The Bertz CT molecular complexity index is 939. The second-order valence-electron chi connectivity index (χ2n) is 5.66. The number of primary amides is 1. The summed E-state index contributed by atoms with van der Waals surface area (Å²) in [5.74, 6) is -1.07. The fraction of sp³-hybridized carbons (Fsp3) is 0.105. The lowest BCUT2D eigenvalue weighted by Gasteiger charge is -2.11. The number of rotatable bonds is 4. The lowest BCUT2D eigenvalue weighted by atomic mass is 9.97. The molecule has 0 spiro atoms. The number of hydrogen-bond acceptors (Lipinski definition) is 1. The normalized spacial score (nSPS) is 12.9. The molecule has 3 aromatic rings. The fourth-order valence-corrected chi connectivity index (χ4v) is 2.81. The number of amides is 1. The lowest BCUT2D eigenvalue weighted by molar-refractivity contribution is -0.137. The summed E-state index contributed by atoms with van der Waals surface area (Å²) in [5, 5.41) is 0.852. The van der Waals surface area contributed by atoms with Gasteiger partial charge in [0.15, 0.2) is 0 Å². The Hall–Kier alpha value is -3.02. The van der Waals surface area contributed by atoms with Crippen LogP contribution in [0.1, 0.15) is 17.0 Å². The SMILES string of the molecule is C=CC(C(N)=O)c1ccc2c(ccn2-c2ccc(C(F)(F)F)cc2)c1. The third-order valence-electron chi connectivity index (χ3n) is 4.09.